The molecule has 0 aromatic heterocycles. The maximum Gasteiger partial charge on any atom is 0.165 e. The van der Waals surface area contributed by atoms with Gasteiger partial charge in [0.1, 0.15) is 6.23 Å². The van der Waals surface area contributed by atoms with E-state index in [0.717, 1.165) is 5.56 Å². The van der Waals surface area contributed by atoms with Crippen molar-refractivity contribution in [3.8, 4) is 5.75 Å². The molecule has 0 aliphatic heterocycles. The lowest BCUT2D eigenvalue weighted by Gasteiger charge is -2.15. The fourth-order valence-electron chi connectivity index (χ4n) is 1.37. The Hall–Kier alpha value is -1.13. The van der Waals surface area contributed by atoms with Gasteiger partial charge >= 0.3 is 0 Å². The van der Waals surface area contributed by atoms with E-state index in [1.165, 1.54) is 6.07 Å². The molecule has 84 valence electrons. The predicted molar refractivity (Wildman–Crippen MR) is 56.4 cm³/mol. The Kier molecular flexibility index (Phi) is 4.52. The SMILES string of the molecule is CCOc1ccc(C(NC)OC)cc1F. The molecule has 0 aliphatic carbocycles. The molecule has 1 unspecified atom stereocenters. The van der Waals surface area contributed by atoms with Gasteiger partial charge in [0.2, 0.25) is 0 Å². The summed E-state index contributed by atoms with van der Waals surface area (Å²) in [5, 5.41) is 2.92. The fraction of sp³-hybridized carbons (Fsp3) is 0.455. The Balaban J connectivity index is 2.89. The monoisotopic (exact) mass is 213 g/mol. The molecule has 15 heavy (non-hydrogen) atoms. The second-order valence-electron chi connectivity index (χ2n) is 3.03. The number of benzene rings is 1. The largest absolute Gasteiger partial charge is 0.491 e. The standard InChI is InChI=1S/C11H16FNO2/c1-4-15-10-6-5-8(7-9(10)12)11(13-2)14-3/h5-7,11,13H,4H2,1-3H3. The van der Waals surface area contributed by atoms with Gasteiger partial charge in [-0.3, -0.25) is 5.32 Å². The molecule has 1 rings (SSSR count). The van der Waals surface area contributed by atoms with Crippen molar-refractivity contribution in [1.29, 1.82) is 0 Å². The van der Waals surface area contributed by atoms with E-state index in [0.29, 0.717) is 6.61 Å². The number of ether oxygens (including phenoxy) is 2. The summed E-state index contributed by atoms with van der Waals surface area (Å²) in [7, 11) is 3.32. The number of nitrogens with one attached hydrogen (secondary N) is 1. The quantitative estimate of drug-likeness (QED) is 0.760. The van der Waals surface area contributed by atoms with E-state index < -0.39 is 0 Å². The molecule has 0 saturated carbocycles. The van der Waals surface area contributed by atoms with Gasteiger partial charge in [0.05, 0.1) is 6.61 Å². The van der Waals surface area contributed by atoms with Crippen molar-refractivity contribution in [3.05, 3.63) is 29.6 Å². The van der Waals surface area contributed by atoms with Crippen LogP contribution in [0.15, 0.2) is 18.2 Å². The first kappa shape index (κ1) is 11.9. The summed E-state index contributed by atoms with van der Waals surface area (Å²) in [6.07, 6.45) is -0.296. The molecule has 1 N–H and O–H groups in total. The second-order valence-corrected chi connectivity index (χ2v) is 3.03. The van der Waals surface area contributed by atoms with Crippen LogP contribution in [0.25, 0.3) is 0 Å². The normalized spacial score (nSPS) is 12.5. The number of hydrogen-bond acceptors (Lipinski definition) is 3. The number of rotatable bonds is 5. The van der Waals surface area contributed by atoms with Crippen LogP contribution in [-0.4, -0.2) is 20.8 Å². The Morgan fingerprint density at radius 3 is 2.67 bits per heavy atom. The molecule has 0 spiro atoms. The third kappa shape index (κ3) is 2.91. The highest BCUT2D eigenvalue weighted by molar-refractivity contribution is 5.30. The Morgan fingerprint density at radius 1 is 1.47 bits per heavy atom. The lowest BCUT2D eigenvalue weighted by Crippen LogP contribution is -2.18. The van der Waals surface area contributed by atoms with Crippen LogP contribution in [0.1, 0.15) is 18.7 Å². The van der Waals surface area contributed by atoms with Gasteiger partial charge in [-0.05, 0) is 31.7 Å². The van der Waals surface area contributed by atoms with Gasteiger partial charge in [-0.25, -0.2) is 4.39 Å². The minimum Gasteiger partial charge on any atom is -0.491 e. The molecule has 0 saturated heterocycles. The van der Waals surface area contributed by atoms with Gasteiger partial charge in [-0.1, -0.05) is 6.07 Å². The van der Waals surface area contributed by atoms with E-state index >= 15 is 0 Å². The summed E-state index contributed by atoms with van der Waals surface area (Å²) >= 11 is 0. The van der Waals surface area contributed by atoms with Gasteiger partial charge < -0.3 is 9.47 Å². The van der Waals surface area contributed by atoms with Gasteiger partial charge in [0.15, 0.2) is 11.6 Å². The summed E-state index contributed by atoms with van der Waals surface area (Å²) in [6, 6.07) is 4.80. The van der Waals surface area contributed by atoms with E-state index in [4.69, 9.17) is 9.47 Å². The zero-order valence-electron chi connectivity index (χ0n) is 9.21. The highest BCUT2D eigenvalue weighted by atomic mass is 19.1. The molecule has 1 aromatic carbocycles. The van der Waals surface area contributed by atoms with Crippen molar-refractivity contribution < 1.29 is 13.9 Å². The summed E-state index contributed by atoms with van der Waals surface area (Å²) in [5.41, 5.74) is 0.737. The third-order valence-electron chi connectivity index (χ3n) is 2.06. The summed E-state index contributed by atoms with van der Waals surface area (Å²) in [6.45, 7) is 2.27. The molecule has 0 bridgehead atoms. The van der Waals surface area contributed by atoms with E-state index in [1.54, 1.807) is 26.3 Å². The minimum atomic E-state index is -0.369. The smallest absolute Gasteiger partial charge is 0.165 e. The molecule has 3 nitrogen and oxygen atoms in total. The zero-order valence-corrected chi connectivity index (χ0v) is 9.21. The van der Waals surface area contributed by atoms with E-state index in [1.807, 2.05) is 6.92 Å². The van der Waals surface area contributed by atoms with Crippen LogP contribution in [-0.2, 0) is 4.74 Å². The molecule has 0 amide bonds. The molecular formula is C11H16FNO2. The molecule has 1 aromatic rings. The molecule has 4 heteroatoms. The highest BCUT2D eigenvalue weighted by Gasteiger charge is 2.10. The molecule has 0 radical (unpaired) electrons. The lowest BCUT2D eigenvalue weighted by molar-refractivity contribution is 0.0805. The van der Waals surface area contributed by atoms with Crippen molar-refractivity contribution in [3.63, 3.8) is 0 Å². The Bertz CT molecular complexity index is 313. The van der Waals surface area contributed by atoms with Crippen molar-refractivity contribution in [2.75, 3.05) is 20.8 Å². The topological polar surface area (TPSA) is 30.5 Å². The molecule has 0 heterocycles. The molecule has 0 aliphatic rings. The summed E-state index contributed by atoms with van der Waals surface area (Å²) in [5.74, 6) is -0.0983. The van der Waals surface area contributed by atoms with Crippen LogP contribution in [0.3, 0.4) is 0 Å². The van der Waals surface area contributed by atoms with Crippen molar-refractivity contribution in [1.82, 2.24) is 5.32 Å². The molecule has 1 atom stereocenters. The third-order valence-corrected chi connectivity index (χ3v) is 2.06. The van der Waals surface area contributed by atoms with E-state index in [9.17, 15) is 4.39 Å². The number of halogens is 1. The average molecular weight is 213 g/mol. The maximum atomic E-state index is 13.5. The van der Waals surface area contributed by atoms with Crippen molar-refractivity contribution in [2.45, 2.75) is 13.2 Å². The van der Waals surface area contributed by atoms with Gasteiger partial charge in [0, 0.05) is 7.11 Å². The van der Waals surface area contributed by atoms with Crippen LogP contribution < -0.4 is 10.1 Å². The van der Waals surface area contributed by atoms with Crippen LogP contribution in [0.2, 0.25) is 0 Å². The number of hydrogen-bond donors (Lipinski definition) is 1. The fourth-order valence-corrected chi connectivity index (χ4v) is 1.37. The predicted octanol–water partition coefficient (Wildman–Crippen LogP) is 2.09. The van der Waals surface area contributed by atoms with Crippen LogP contribution in [0.5, 0.6) is 5.75 Å². The van der Waals surface area contributed by atoms with E-state index in [2.05, 4.69) is 5.32 Å². The van der Waals surface area contributed by atoms with Gasteiger partial charge in [-0.2, -0.15) is 0 Å². The first-order valence-electron chi connectivity index (χ1n) is 4.85. The van der Waals surface area contributed by atoms with Crippen molar-refractivity contribution in [2.24, 2.45) is 0 Å². The van der Waals surface area contributed by atoms with E-state index in [-0.39, 0.29) is 17.8 Å². The lowest BCUT2D eigenvalue weighted by atomic mass is 10.2. The van der Waals surface area contributed by atoms with Crippen LogP contribution >= 0.6 is 0 Å². The van der Waals surface area contributed by atoms with Gasteiger partial charge in [-0.15, -0.1) is 0 Å². The average Bonchev–Trinajstić information content (AvgIpc) is 2.24. The first-order valence-corrected chi connectivity index (χ1v) is 4.85. The Morgan fingerprint density at radius 2 is 2.20 bits per heavy atom. The summed E-state index contributed by atoms with van der Waals surface area (Å²) in [4.78, 5) is 0. The second kappa shape index (κ2) is 5.68. The Labute approximate surface area is 89.2 Å². The van der Waals surface area contributed by atoms with Crippen LogP contribution in [0.4, 0.5) is 4.39 Å². The number of methoxy groups -OCH3 is 1. The first-order chi connectivity index (χ1) is 7.22. The zero-order chi connectivity index (χ0) is 11.3. The van der Waals surface area contributed by atoms with Gasteiger partial charge in [0.25, 0.3) is 0 Å². The maximum absolute atomic E-state index is 13.5. The molecule has 0 fully saturated rings. The highest BCUT2D eigenvalue weighted by Crippen LogP contribution is 2.22. The van der Waals surface area contributed by atoms with Crippen LogP contribution in [0, 0.1) is 5.82 Å². The molecular weight excluding hydrogens is 197 g/mol. The van der Waals surface area contributed by atoms with Crippen molar-refractivity contribution >= 4 is 0 Å². The summed E-state index contributed by atoms with van der Waals surface area (Å²) < 4.78 is 23.7. The minimum absolute atomic E-state index is 0.271.